The summed E-state index contributed by atoms with van der Waals surface area (Å²) in [7, 11) is 0. The summed E-state index contributed by atoms with van der Waals surface area (Å²) >= 11 is 0. The second kappa shape index (κ2) is 10.2. The van der Waals surface area contributed by atoms with Crippen molar-refractivity contribution in [3.8, 4) is 0 Å². The summed E-state index contributed by atoms with van der Waals surface area (Å²) in [6.45, 7) is 8.94. The Morgan fingerprint density at radius 1 is 0.812 bits per heavy atom. The molecule has 2 aromatic carbocycles. The summed E-state index contributed by atoms with van der Waals surface area (Å²) in [5.74, 6) is 0.0858. The molecule has 6 nitrogen and oxygen atoms in total. The largest absolute Gasteiger partial charge is 0.369 e. The summed E-state index contributed by atoms with van der Waals surface area (Å²) in [4.78, 5) is 32.9. The molecular formula is C25H31FN4O2. The van der Waals surface area contributed by atoms with Crippen LogP contribution in [0.5, 0.6) is 0 Å². The highest BCUT2D eigenvalue weighted by Crippen LogP contribution is 2.18. The lowest BCUT2D eigenvalue weighted by molar-refractivity contribution is -0.134. The van der Waals surface area contributed by atoms with Crippen molar-refractivity contribution in [1.82, 2.24) is 14.7 Å². The van der Waals surface area contributed by atoms with E-state index in [9.17, 15) is 14.0 Å². The van der Waals surface area contributed by atoms with Crippen molar-refractivity contribution in [3.63, 3.8) is 0 Å². The minimum atomic E-state index is -0.167. The molecule has 170 valence electrons. The first-order valence-corrected chi connectivity index (χ1v) is 11.3. The van der Waals surface area contributed by atoms with Crippen LogP contribution in [0.2, 0.25) is 0 Å². The number of hydrogen-bond acceptors (Lipinski definition) is 5. The average molecular weight is 439 g/mol. The number of piperazine rings is 2. The minimum Gasteiger partial charge on any atom is -0.369 e. The fraction of sp³-hybridized carbons (Fsp3) is 0.440. The highest BCUT2D eigenvalue weighted by molar-refractivity contribution is 5.94. The Morgan fingerprint density at radius 2 is 1.44 bits per heavy atom. The van der Waals surface area contributed by atoms with Crippen LogP contribution in [0.25, 0.3) is 0 Å². The van der Waals surface area contributed by atoms with Crippen LogP contribution in [-0.4, -0.2) is 85.3 Å². The van der Waals surface area contributed by atoms with Gasteiger partial charge in [0.2, 0.25) is 5.91 Å². The third-order valence-corrected chi connectivity index (χ3v) is 6.45. The zero-order chi connectivity index (χ0) is 22.5. The number of carbonyl (C=O) groups excluding carboxylic acids is 2. The number of amides is 1. The normalized spacial score (nSPS) is 18.1. The molecule has 2 aliphatic heterocycles. The van der Waals surface area contributed by atoms with Gasteiger partial charge < -0.3 is 9.80 Å². The van der Waals surface area contributed by atoms with E-state index in [1.165, 1.54) is 6.07 Å². The molecule has 0 atom stereocenters. The fourth-order valence-electron chi connectivity index (χ4n) is 4.39. The van der Waals surface area contributed by atoms with Crippen LogP contribution < -0.4 is 4.90 Å². The molecule has 0 aliphatic carbocycles. The number of halogens is 1. The smallest absolute Gasteiger partial charge is 0.236 e. The van der Waals surface area contributed by atoms with Gasteiger partial charge in [-0.1, -0.05) is 18.2 Å². The van der Waals surface area contributed by atoms with Gasteiger partial charge in [-0.2, -0.15) is 0 Å². The molecule has 2 aliphatic rings. The van der Waals surface area contributed by atoms with Gasteiger partial charge in [-0.25, -0.2) is 4.39 Å². The Labute approximate surface area is 189 Å². The molecule has 0 spiro atoms. The molecule has 0 bridgehead atoms. The summed E-state index contributed by atoms with van der Waals surface area (Å²) in [5, 5.41) is 0. The first-order valence-electron chi connectivity index (χ1n) is 11.3. The minimum absolute atomic E-state index is 0.0768. The number of nitrogens with zero attached hydrogens (tertiary/aromatic N) is 4. The molecule has 0 radical (unpaired) electrons. The number of benzene rings is 2. The molecule has 1 amide bonds. The van der Waals surface area contributed by atoms with Gasteiger partial charge in [-0.15, -0.1) is 0 Å². The number of ketones is 1. The van der Waals surface area contributed by atoms with Crippen LogP contribution in [0.3, 0.4) is 0 Å². The second-order valence-corrected chi connectivity index (χ2v) is 8.61. The van der Waals surface area contributed by atoms with E-state index in [4.69, 9.17) is 0 Å². The second-order valence-electron chi connectivity index (χ2n) is 8.61. The van der Waals surface area contributed by atoms with Gasteiger partial charge in [0.15, 0.2) is 5.78 Å². The van der Waals surface area contributed by atoms with Crippen molar-refractivity contribution < 1.29 is 14.0 Å². The zero-order valence-corrected chi connectivity index (χ0v) is 18.7. The third kappa shape index (κ3) is 5.53. The van der Waals surface area contributed by atoms with E-state index in [2.05, 4.69) is 14.7 Å². The van der Waals surface area contributed by atoms with Crippen molar-refractivity contribution in [3.05, 3.63) is 65.5 Å². The van der Waals surface area contributed by atoms with Crippen LogP contribution in [0, 0.1) is 5.82 Å². The highest BCUT2D eigenvalue weighted by atomic mass is 19.1. The van der Waals surface area contributed by atoms with E-state index in [-0.39, 0.29) is 17.5 Å². The number of anilines is 1. The van der Waals surface area contributed by atoms with Gasteiger partial charge in [0.05, 0.1) is 6.54 Å². The molecule has 0 unspecified atom stereocenters. The molecule has 2 aromatic rings. The van der Waals surface area contributed by atoms with Crippen molar-refractivity contribution in [1.29, 1.82) is 0 Å². The zero-order valence-electron chi connectivity index (χ0n) is 18.7. The molecule has 4 rings (SSSR count). The molecular weight excluding hydrogens is 407 g/mol. The molecule has 0 aromatic heterocycles. The predicted molar refractivity (Wildman–Crippen MR) is 123 cm³/mol. The van der Waals surface area contributed by atoms with Crippen LogP contribution in [-0.2, 0) is 11.3 Å². The molecule has 2 saturated heterocycles. The van der Waals surface area contributed by atoms with Gasteiger partial charge >= 0.3 is 0 Å². The van der Waals surface area contributed by atoms with Gasteiger partial charge in [-0.3, -0.25) is 19.4 Å². The molecule has 32 heavy (non-hydrogen) atoms. The standard InChI is InChI=1S/C25H31FN4O2/c1-20(31)21-6-8-23(9-7-21)29-14-10-28(11-15-29)19-25(32)30-16-12-27(13-17-30)18-22-4-2-3-5-24(22)26/h2-9H,10-19H2,1H3. The van der Waals surface area contributed by atoms with Crippen LogP contribution in [0.15, 0.2) is 48.5 Å². The quantitative estimate of drug-likeness (QED) is 0.649. The molecule has 0 N–H and O–H groups in total. The maximum Gasteiger partial charge on any atom is 0.236 e. The summed E-state index contributed by atoms with van der Waals surface area (Å²) in [5.41, 5.74) is 2.56. The summed E-state index contributed by atoms with van der Waals surface area (Å²) in [6, 6.07) is 14.6. The molecule has 2 heterocycles. The Kier molecular flexibility index (Phi) is 7.17. The number of rotatable bonds is 6. The van der Waals surface area contributed by atoms with Gasteiger partial charge in [0.25, 0.3) is 0 Å². The third-order valence-electron chi connectivity index (χ3n) is 6.45. The first-order chi connectivity index (χ1) is 15.5. The van der Waals surface area contributed by atoms with E-state index in [0.717, 1.165) is 50.5 Å². The van der Waals surface area contributed by atoms with E-state index in [0.29, 0.717) is 31.7 Å². The van der Waals surface area contributed by atoms with Crippen LogP contribution in [0.4, 0.5) is 10.1 Å². The van der Waals surface area contributed by atoms with E-state index >= 15 is 0 Å². The van der Waals surface area contributed by atoms with Crippen molar-refractivity contribution >= 4 is 17.4 Å². The SMILES string of the molecule is CC(=O)c1ccc(N2CCN(CC(=O)N3CCN(Cc4ccccc4F)CC3)CC2)cc1. The van der Waals surface area contributed by atoms with E-state index in [1.807, 2.05) is 41.3 Å². The topological polar surface area (TPSA) is 47.1 Å². The van der Waals surface area contributed by atoms with Crippen LogP contribution >= 0.6 is 0 Å². The predicted octanol–water partition coefficient (Wildman–Crippen LogP) is 2.49. The summed E-state index contributed by atoms with van der Waals surface area (Å²) in [6.07, 6.45) is 0. The summed E-state index contributed by atoms with van der Waals surface area (Å²) < 4.78 is 13.9. The Bertz CT molecular complexity index is 933. The lowest BCUT2D eigenvalue weighted by Crippen LogP contribution is -2.53. The van der Waals surface area contributed by atoms with Crippen molar-refractivity contribution in [2.24, 2.45) is 0 Å². The Hall–Kier alpha value is -2.77. The molecule has 0 saturated carbocycles. The number of Topliss-reactive ketones (excluding diaryl/α,β-unsaturated/α-hetero) is 1. The fourth-order valence-corrected chi connectivity index (χ4v) is 4.39. The van der Waals surface area contributed by atoms with Crippen molar-refractivity contribution in [2.45, 2.75) is 13.5 Å². The Morgan fingerprint density at radius 3 is 2.06 bits per heavy atom. The highest BCUT2D eigenvalue weighted by Gasteiger charge is 2.25. The Balaban J connectivity index is 1.20. The number of carbonyl (C=O) groups is 2. The number of hydrogen-bond donors (Lipinski definition) is 0. The van der Waals surface area contributed by atoms with Crippen molar-refractivity contribution in [2.75, 3.05) is 63.8 Å². The van der Waals surface area contributed by atoms with Gasteiger partial charge in [0, 0.05) is 75.7 Å². The van der Waals surface area contributed by atoms with Crippen LogP contribution in [0.1, 0.15) is 22.8 Å². The van der Waals surface area contributed by atoms with E-state index < -0.39 is 0 Å². The average Bonchev–Trinajstić information content (AvgIpc) is 2.81. The maximum absolute atomic E-state index is 13.9. The van der Waals surface area contributed by atoms with Gasteiger partial charge in [-0.05, 0) is 37.3 Å². The van der Waals surface area contributed by atoms with E-state index in [1.54, 1.807) is 13.0 Å². The lowest BCUT2D eigenvalue weighted by atomic mass is 10.1. The maximum atomic E-state index is 13.9. The first kappa shape index (κ1) is 22.4. The van der Waals surface area contributed by atoms with Gasteiger partial charge in [0.1, 0.15) is 5.82 Å². The lowest BCUT2D eigenvalue weighted by Gasteiger charge is -2.38. The molecule has 2 fully saturated rings. The molecule has 7 heteroatoms. The monoisotopic (exact) mass is 438 g/mol.